The number of hydrogen-bond donors (Lipinski definition) is 1. The number of amides is 1. The van der Waals surface area contributed by atoms with Gasteiger partial charge in [-0.3, -0.25) is 4.79 Å². The number of aryl methyl sites for hydroxylation is 1. The third kappa shape index (κ3) is 5.16. The minimum absolute atomic E-state index is 0.0582. The zero-order valence-electron chi connectivity index (χ0n) is 17.1. The summed E-state index contributed by atoms with van der Waals surface area (Å²) in [6.45, 7) is 16.7. The summed E-state index contributed by atoms with van der Waals surface area (Å²) < 4.78 is 5.17. The first kappa shape index (κ1) is 20.6. The van der Waals surface area contributed by atoms with Gasteiger partial charge in [-0.25, -0.2) is 0 Å². The van der Waals surface area contributed by atoms with Crippen molar-refractivity contribution in [1.29, 1.82) is 0 Å². The Labute approximate surface area is 161 Å². The molecule has 0 unspecified atom stereocenters. The fourth-order valence-electron chi connectivity index (χ4n) is 2.61. The molecule has 0 aliphatic rings. The first-order valence-electron chi connectivity index (χ1n) is 9.21. The summed E-state index contributed by atoms with van der Waals surface area (Å²) in [5.41, 5.74) is 5.16. The lowest BCUT2D eigenvalue weighted by Gasteiger charge is -2.12. The Morgan fingerprint density at radius 2 is 2.04 bits per heavy atom. The molecule has 0 aliphatic carbocycles. The third-order valence-corrected chi connectivity index (χ3v) is 4.39. The Bertz CT molecular complexity index is 870. The number of rotatable bonds is 6. The number of benzene rings is 1. The van der Waals surface area contributed by atoms with E-state index in [4.69, 9.17) is 4.52 Å². The maximum absolute atomic E-state index is 12.3. The molecule has 0 aliphatic heterocycles. The number of carbonyl (C=O) groups excluding carboxylic acids is 1. The number of allylic oxidation sites excluding steroid dienone is 3. The van der Waals surface area contributed by atoms with E-state index in [1.165, 1.54) is 5.57 Å². The molecular formula is C22H29N3O2. The van der Waals surface area contributed by atoms with Crippen molar-refractivity contribution in [3.05, 3.63) is 64.8 Å². The lowest BCUT2D eigenvalue weighted by Crippen LogP contribution is -2.24. The monoisotopic (exact) mass is 367 g/mol. The molecule has 2 aromatic rings. The molecule has 1 aromatic carbocycles. The summed E-state index contributed by atoms with van der Waals surface area (Å²) in [5.74, 6) is 0.161. The molecule has 0 radical (unpaired) electrons. The largest absolute Gasteiger partial charge is 0.345 e. The van der Waals surface area contributed by atoms with Gasteiger partial charge in [0.25, 0.3) is 11.7 Å². The van der Waals surface area contributed by atoms with E-state index < -0.39 is 0 Å². The average molecular weight is 367 g/mol. The highest BCUT2D eigenvalue weighted by Crippen LogP contribution is 2.24. The molecule has 1 heterocycles. The second kappa shape index (κ2) is 8.33. The van der Waals surface area contributed by atoms with Crippen LogP contribution in [0.1, 0.15) is 74.2 Å². The van der Waals surface area contributed by atoms with E-state index in [1.807, 2.05) is 39.8 Å². The summed E-state index contributed by atoms with van der Waals surface area (Å²) in [7, 11) is 0. The van der Waals surface area contributed by atoms with Crippen molar-refractivity contribution < 1.29 is 9.32 Å². The van der Waals surface area contributed by atoms with Crippen molar-refractivity contribution in [1.82, 2.24) is 15.5 Å². The number of nitrogens with one attached hydrogen (secondary N) is 1. The fraction of sp³-hybridized carbons (Fsp3) is 0.409. The molecule has 1 amide bonds. The SMILES string of the molecule is C=C(/C(C)=C/CC)c1ccc(CNC(=O)c2noc(C(C)(C)C)n2)c(C)c1. The van der Waals surface area contributed by atoms with Crippen molar-refractivity contribution in [3.8, 4) is 0 Å². The smallest absolute Gasteiger partial charge is 0.292 e. The second-order valence-corrected chi connectivity index (χ2v) is 7.77. The molecule has 27 heavy (non-hydrogen) atoms. The van der Waals surface area contributed by atoms with Gasteiger partial charge in [0.2, 0.25) is 5.89 Å². The van der Waals surface area contributed by atoms with E-state index in [0.717, 1.165) is 28.7 Å². The highest BCUT2D eigenvalue weighted by molar-refractivity contribution is 5.90. The minimum atomic E-state index is -0.344. The van der Waals surface area contributed by atoms with Crippen LogP contribution in [0.5, 0.6) is 0 Å². The lowest BCUT2D eigenvalue weighted by atomic mass is 9.96. The van der Waals surface area contributed by atoms with Gasteiger partial charge in [0.05, 0.1) is 0 Å². The van der Waals surface area contributed by atoms with E-state index in [1.54, 1.807) is 0 Å². The summed E-state index contributed by atoms with van der Waals surface area (Å²) in [5, 5.41) is 6.63. The molecule has 0 atom stereocenters. The van der Waals surface area contributed by atoms with Crippen LogP contribution in [0, 0.1) is 6.92 Å². The van der Waals surface area contributed by atoms with Crippen molar-refractivity contribution in [2.45, 2.75) is 59.9 Å². The van der Waals surface area contributed by atoms with Crippen LogP contribution in [0.3, 0.4) is 0 Å². The molecule has 1 aromatic heterocycles. The van der Waals surface area contributed by atoms with E-state index in [0.29, 0.717) is 12.4 Å². The highest BCUT2D eigenvalue weighted by atomic mass is 16.5. The van der Waals surface area contributed by atoms with Crippen LogP contribution in [0.2, 0.25) is 0 Å². The van der Waals surface area contributed by atoms with E-state index in [9.17, 15) is 4.79 Å². The normalized spacial score (nSPS) is 12.1. The fourth-order valence-corrected chi connectivity index (χ4v) is 2.61. The maximum atomic E-state index is 12.3. The van der Waals surface area contributed by atoms with Crippen molar-refractivity contribution in [2.24, 2.45) is 0 Å². The molecule has 0 saturated carbocycles. The van der Waals surface area contributed by atoms with Gasteiger partial charge in [0, 0.05) is 12.0 Å². The van der Waals surface area contributed by atoms with Gasteiger partial charge in [-0.15, -0.1) is 0 Å². The lowest BCUT2D eigenvalue weighted by molar-refractivity contribution is 0.0937. The molecule has 0 fully saturated rings. The van der Waals surface area contributed by atoms with Crippen LogP contribution >= 0.6 is 0 Å². The molecule has 2 rings (SSSR count). The van der Waals surface area contributed by atoms with E-state index >= 15 is 0 Å². The van der Waals surface area contributed by atoms with Gasteiger partial charge in [-0.2, -0.15) is 4.98 Å². The Kier molecular flexibility index (Phi) is 6.37. The molecule has 0 saturated heterocycles. The summed E-state index contributed by atoms with van der Waals surface area (Å²) >= 11 is 0. The van der Waals surface area contributed by atoms with Crippen LogP contribution in [0.4, 0.5) is 0 Å². The van der Waals surface area contributed by atoms with Gasteiger partial charge >= 0.3 is 0 Å². The Morgan fingerprint density at radius 1 is 1.33 bits per heavy atom. The summed E-state index contributed by atoms with van der Waals surface area (Å²) in [6, 6.07) is 6.16. The third-order valence-electron chi connectivity index (χ3n) is 4.39. The molecule has 144 valence electrons. The second-order valence-electron chi connectivity index (χ2n) is 7.77. The topological polar surface area (TPSA) is 68.0 Å². The minimum Gasteiger partial charge on any atom is -0.345 e. The average Bonchev–Trinajstić information content (AvgIpc) is 3.10. The molecule has 5 nitrogen and oxygen atoms in total. The van der Waals surface area contributed by atoms with Crippen molar-refractivity contribution in [2.75, 3.05) is 0 Å². The standard InChI is InChI=1S/C22H29N3O2/c1-8-9-14(2)16(4)17-10-11-18(15(3)12-17)13-23-20(26)19-24-21(27-25-19)22(5,6)7/h9-12H,4,8,13H2,1-3,5-7H3,(H,23,26)/b14-9+. The first-order chi connectivity index (χ1) is 12.6. The molecule has 0 spiro atoms. The predicted molar refractivity (Wildman–Crippen MR) is 108 cm³/mol. The molecular weight excluding hydrogens is 338 g/mol. The van der Waals surface area contributed by atoms with Gasteiger partial charge in [-0.05, 0) is 48.1 Å². The van der Waals surface area contributed by atoms with Crippen LogP contribution < -0.4 is 5.32 Å². The number of carbonyl (C=O) groups is 1. The van der Waals surface area contributed by atoms with Gasteiger partial charge in [-0.1, -0.05) is 63.7 Å². The Balaban J connectivity index is 2.06. The number of hydrogen-bond acceptors (Lipinski definition) is 4. The quantitative estimate of drug-likeness (QED) is 0.732. The first-order valence-corrected chi connectivity index (χ1v) is 9.21. The zero-order valence-corrected chi connectivity index (χ0v) is 17.1. The summed E-state index contributed by atoms with van der Waals surface area (Å²) in [4.78, 5) is 16.5. The maximum Gasteiger partial charge on any atom is 0.292 e. The Hall–Kier alpha value is -2.69. The number of aromatic nitrogens is 2. The summed E-state index contributed by atoms with van der Waals surface area (Å²) in [6.07, 6.45) is 3.16. The van der Waals surface area contributed by atoms with Gasteiger partial charge < -0.3 is 9.84 Å². The molecule has 5 heteroatoms. The van der Waals surface area contributed by atoms with Crippen LogP contribution in [-0.4, -0.2) is 16.0 Å². The van der Waals surface area contributed by atoms with Gasteiger partial charge in [0.1, 0.15) is 0 Å². The predicted octanol–water partition coefficient (Wildman–Crippen LogP) is 4.98. The van der Waals surface area contributed by atoms with Gasteiger partial charge in [0.15, 0.2) is 0 Å². The Morgan fingerprint density at radius 3 is 2.59 bits per heavy atom. The van der Waals surface area contributed by atoms with Crippen molar-refractivity contribution >= 4 is 11.5 Å². The molecule has 1 N–H and O–H groups in total. The van der Waals surface area contributed by atoms with Crippen LogP contribution in [0.15, 0.2) is 41.0 Å². The van der Waals surface area contributed by atoms with E-state index in [-0.39, 0.29) is 17.1 Å². The highest BCUT2D eigenvalue weighted by Gasteiger charge is 2.24. The zero-order chi connectivity index (χ0) is 20.2. The van der Waals surface area contributed by atoms with Crippen LogP contribution in [-0.2, 0) is 12.0 Å². The van der Waals surface area contributed by atoms with Crippen LogP contribution in [0.25, 0.3) is 5.57 Å². The number of nitrogens with zero attached hydrogens (tertiary/aromatic N) is 2. The van der Waals surface area contributed by atoms with E-state index in [2.05, 4.69) is 48.0 Å². The van der Waals surface area contributed by atoms with Crippen molar-refractivity contribution in [3.63, 3.8) is 0 Å². The molecule has 0 bridgehead atoms.